The number of hydrogen-bond acceptors (Lipinski definition) is 7. The Kier molecular flexibility index (Phi) is 6.61. The maximum atomic E-state index is 13.4. The van der Waals surface area contributed by atoms with Gasteiger partial charge in [0.15, 0.2) is 5.82 Å². The van der Waals surface area contributed by atoms with Gasteiger partial charge in [0.1, 0.15) is 11.8 Å². The van der Waals surface area contributed by atoms with Crippen LogP contribution < -0.4 is 10.3 Å². The van der Waals surface area contributed by atoms with Gasteiger partial charge in [-0.15, -0.1) is 5.10 Å². The molecule has 3 heterocycles. The van der Waals surface area contributed by atoms with Gasteiger partial charge in [-0.25, -0.2) is 4.68 Å². The van der Waals surface area contributed by atoms with Crippen LogP contribution in [0.4, 0.5) is 0 Å². The Morgan fingerprint density at radius 2 is 1.83 bits per heavy atom. The molecule has 1 N–H and O–H groups in total. The average molecular weight is 474 g/mol. The number of H-pyrrole nitrogens is 1. The van der Waals surface area contributed by atoms with Crippen LogP contribution in [-0.2, 0) is 6.54 Å². The van der Waals surface area contributed by atoms with E-state index in [0.29, 0.717) is 17.9 Å². The Labute approximate surface area is 204 Å². The number of fused-ring (bicyclic) bond motifs is 1. The van der Waals surface area contributed by atoms with Gasteiger partial charge in [-0.05, 0) is 64.7 Å². The lowest BCUT2D eigenvalue weighted by molar-refractivity contribution is 0.108. The van der Waals surface area contributed by atoms with Crippen LogP contribution in [0.2, 0.25) is 0 Å². The molecule has 4 aromatic rings. The van der Waals surface area contributed by atoms with Crippen LogP contribution >= 0.6 is 0 Å². The number of likely N-dealkylation sites (N-methyl/N-ethyl adjacent to an activating group) is 1. The van der Waals surface area contributed by atoms with Gasteiger partial charge in [-0.3, -0.25) is 9.69 Å². The first-order valence-corrected chi connectivity index (χ1v) is 12.0. The molecule has 5 rings (SSSR count). The average Bonchev–Trinajstić information content (AvgIpc) is 3.33. The Balaban J connectivity index is 1.56. The molecule has 9 nitrogen and oxygen atoms in total. The zero-order chi connectivity index (χ0) is 24.4. The molecule has 35 heavy (non-hydrogen) atoms. The molecular weight excluding hydrogens is 442 g/mol. The minimum atomic E-state index is -0.350. The smallest absolute Gasteiger partial charge is 0.253 e. The maximum Gasteiger partial charge on any atom is 0.253 e. The molecule has 1 atom stereocenters. The highest BCUT2D eigenvalue weighted by molar-refractivity contribution is 5.79. The van der Waals surface area contributed by atoms with Gasteiger partial charge in [0, 0.05) is 37.3 Å². The second-order valence-electron chi connectivity index (χ2n) is 9.06. The number of ether oxygens (including phenoxy) is 1. The van der Waals surface area contributed by atoms with Gasteiger partial charge in [0.05, 0.1) is 13.7 Å². The summed E-state index contributed by atoms with van der Waals surface area (Å²) in [6.45, 7) is 9.27. The number of benzene rings is 2. The highest BCUT2D eigenvalue weighted by Crippen LogP contribution is 2.28. The molecule has 1 aliphatic heterocycles. The molecule has 2 aromatic carbocycles. The molecule has 9 heteroatoms. The minimum absolute atomic E-state index is 0.106. The van der Waals surface area contributed by atoms with E-state index in [0.717, 1.165) is 60.5 Å². The number of aromatic nitrogens is 5. The van der Waals surface area contributed by atoms with Crippen LogP contribution in [0, 0.1) is 6.92 Å². The SMILES string of the molecule is CCN1CCN(C(c2cc3ccc(C)cc3[nH]c2=O)c2nnnn2Cc2ccc(OC)cc2)CC1. The Morgan fingerprint density at radius 3 is 2.54 bits per heavy atom. The fourth-order valence-corrected chi connectivity index (χ4v) is 4.80. The Bertz CT molecular complexity index is 1350. The molecule has 0 radical (unpaired) electrons. The highest BCUT2D eigenvalue weighted by Gasteiger charge is 2.32. The zero-order valence-corrected chi connectivity index (χ0v) is 20.4. The van der Waals surface area contributed by atoms with Crippen molar-refractivity contribution in [1.29, 1.82) is 0 Å². The second kappa shape index (κ2) is 9.97. The molecule has 1 saturated heterocycles. The lowest BCUT2D eigenvalue weighted by Gasteiger charge is -2.38. The number of aromatic amines is 1. The fraction of sp³-hybridized carbons (Fsp3) is 0.385. The van der Waals surface area contributed by atoms with E-state index in [9.17, 15) is 4.79 Å². The van der Waals surface area contributed by atoms with Crippen LogP contribution in [-0.4, -0.2) is 74.8 Å². The Morgan fingerprint density at radius 1 is 1.06 bits per heavy atom. The number of nitrogens with zero attached hydrogens (tertiary/aromatic N) is 6. The topological polar surface area (TPSA) is 92.2 Å². The standard InChI is InChI=1S/C26H31N7O2/c1-4-31-11-13-32(14-12-31)24(22-16-20-8-5-18(2)15-23(20)27-26(22)34)25-28-29-30-33(25)17-19-6-9-21(35-3)10-7-19/h5-10,15-16,24H,4,11-14,17H2,1-3H3,(H,27,34). The lowest BCUT2D eigenvalue weighted by Crippen LogP contribution is -2.49. The van der Waals surface area contributed by atoms with E-state index in [1.807, 2.05) is 43.3 Å². The van der Waals surface area contributed by atoms with Gasteiger partial charge in [-0.1, -0.05) is 31.2 Å². The van der Waals surface area contributed by atoms with Crippen molar-refractivity contribution in [3.05, 3.63) is 81.4 Å². The van der Waals surface area contributed by atoms with Gasteiger partial charge < -0.3 is 14.6 Å². The molecule has 0 bridgehead atoms. The second-order valence-corrected chi connectivity index (χ2v) is 9.06. The number of rotatable bonds is 7. The molecule has 1 fully saturated rings. The third-order valence-corrected chi connectivity index (χ3v) is 6.84. The summed E-state index contributed by atoms with van der Waals surface area (Å²) in [7, 11) is 1.65. The van der Waals surface area contributed by atoms with Gasteiger partial charge in [-0.2, -0.15) is 0 Å². The third-order valence-electron chi connectivity index (χ3n) is 6.84. The van der Waals surface area contributed by atoms with Crippen molar-refractivity contribution in [2.75, 3.05) is 39.8 Å². The normalized spacial score (nSPS) is 16.0. The number of tetrazole rings is 1. The van der Waals surface area contributed by atoms with Crippen LogP contribution in [0.3, 0.4) is 0 Å². The van der Waals surface area contributed by atoms with Gasteiger partial charge in [0.2, 0.25) is 0 Å². The molecule has 0 aliphatic carbocycles. The number of nitrogens with one attached hydrogen (secondary N) is 1. The minimum Gasteiger partial charge on any atom is -0.497 e. The van der Waals surface area contributed by atoms with E-state index in [-0.39, 0.29) is 11.6 Å². The van der Waals surface area contributed by atoms with E-state index in [4.69, 9.17) is 4.74 Å². The van der Waals surface area contributed by atoms with Gasteiger partial charge in [0.25, 0.3) is 5.56 Å². The Hall–Kier alpha value is -3.56. The summed E-state index contributed by atoms with van der Waals surface area (Å²) in [5.74, 6) is 1.47. The van der Waals surface area contributed by atoms with Crippen LogP contribution in [0.5, 0.6) is 5.75 Å². The summed E-state index contributed by atoms with van der Waals surface area (Å²) >= 11 is 0. The van der Waals surface area contributed by atoms with Crippen molar-refractivity contribution >= 4 is 10.9 Å². The largest absolute Gasteiger partial charge is 0.497 e. The van der Waals surface area contributed by atoms with E-state index >= 15 is 0 Å². The molecule has 0 saturated carbocycles. The predicted octanol–water partition coefficient (Wildman–Crippen LogP) is 2.61. The van der Waals surface area contributed by atoms with Crippen molar-refractivity contribution in [2.24, 2.45) is 0 Å². The summed E-state index contributed by atoms with van der Waals surface area (Å²) in [4.78, 5) is 21.2. The quantitative estimate of drug-likeness (QED) is 0.441. The van der Waals surface area contributed by atoms with Crippen molar-refractivity contribution < 1.29 is 4.74 Å². The molecule has 1 unspecified atom stereocenters. The first kappa shape index (κ1) is 23.2. The number of methoxy groups -OCH3 is 1. The lowest BCUT2D eigenvalue weighted by atomic mass is 10.0. The van der Waals surface area contributed by atoms with Crippen molar-refractivity contribution in [1.82, 2.24) is 35.0 Å². The first-order chi connectivity index (χ1) is 17.1. The van der Waals surface area contributed by atoms with E-state index < -0.39 is 0 Å². The van der Waals surface area contributed by atoms with Crippen molar-refractivity contribution in [3.8, 4) is 5.75 Å². The fourth-order valence-electron chi connectivity index (χ4n) is 4.80. The van der Waals surface area contributed by atoms with Crippen LogP contribution in [0.1, 0.15) is 35.5 Å². The van der Waals surface area contributed by atoms with Crippen LogP contribution in [0.15, 0.2) is 53.3 Å². The summed E-state index contributed by atoms with van der Waals surface area (Å²) in [5.41, 5.74) is 3.56. The molecule has 0 spiro atoms. The van der Waals surface area contributed by atoms with Gasteiger partial charge >= 0.3 is 0 Å². The molecule has 1 aliphatic rings. The van der Waals surface area contributed by atoms with E-state index in [1.54, 1.807) is 11.8 Å². The van der Waals surface area contributed by atoms with Crippen LogP contribution in [0.25, 0.3) is 10.9 Å². The summed E-state index contributed by atoms with van der Waals surface area (Å²) < 4.78 is 7.08. The third kappa shape index (κ3) is 4.82. The zero-order valence-electron chi connectivity index (χ0n) is 20.4. The number of piperazine rings is 1. The molecule has 182 valence electrons. The highest BCUT2D eigenvalue weighted by atomic mass is 16.5. The predicted molar refractivity (Wildman–Crippen MR) is 135 cm³/mol. The van der Waals surface area contributed by atoms with Crippen molar-refractivity contribution in [2.45, 2.75) is 26.4 Å². The maximum absolute atomic E-state index is 13.4. The molecule has 0 amide bonds. The monoisotopic (exact) mass is 473 g/mol. The summed E-state index contributed by atoms with van der Waals surface area (Å²) in [6.07, 6.45) is 0. The van der Waals surface area contributed by atoms with Crippen molar-refractivity contribution in [3.63, 3.8) is 0 Å². The number of pyridine rings is 1. The molecule has 2 aromatic heterocycles. The van der Waals surface area contributed by atoms with E-state index in [2.05, 4.69) is 49.4 Å². The number of aryl methyl sites for hydroxylation is 1. The van der Waals surface area contributed by atoms with E-state index in [1.165, 1.54) is 0 Å². The summed E-state index contributed by atoms with van der Waals surface area (Å²) in [5, 5.41) is 13.8. The first-order valence-electron chi connectivity index (χ1n) is 12.0. The number of hydrogen-bond donors (Lipinski definition) is 1. The molecular formula is C26H31N7O2. The summed E-state index contributed by atoms with van der Waals surface area (Å²) in [6, 6.07) is 15.6.